The molecule has 2 rings (SSSR count). The van der Waals surface area contributed by atoms with Gasteiger partial charge in [0, 0.05) is 17.0 Å². The number of hydrogen-bond donors (Lipinski definition) is 0. The molecule has 2 aromatic rings. The van der Waals surface area contributed by atoms with Crippen LogP contribution in [0, 0.1) is 30.9 Å². The minimum atomic E-state index is -0.308. The van der Waals surface area contributed by atoms with Crippen LogP contribution in [0.25, 0.3) is 5.52 Å². The van der Waals surface area contributed by atoms with Crippen molar-refractivity contribution in [2.45, 2.75) is 20.8 Å². The van der Waals surface area contributed by atoms with Gasteiger partial charge in [0.2, 0.25) is 0 Å². The van der Waals surface area contributed by atoms with Crippen LogP contribution in [0.5, 0.6) is 0 Å². The van der Waals surface area contributed by atoms with Gasteiger partial charge in [0.15, 0.2) is 0 Å². The van der Waals surface area contributed by atoms with Gasteiger partial charge in [0.25, 0.3) is 5.69 Å². The van der Waals surface area contributed by atoms with Crippen molar-refractivity contribution in [1.29, 1.82) is 0 Å². The molecule has 0 atom stereocenters. The van der Waals surface area contributed by atoms with E-state index in [1.54, 1.807) is 13.0 Å². The zero-order chi connectivity index (χ0) is 11.2. The first-order valence-electron chi connectivity index (χ1n) is 4.75. The van der Waals surface area contributed by atoms with Gasteiger partial charge in [-0.15, -0.1) is 0 Å². The summed E-state index contributed by atoms with van der Waals surface area (Å²) in [6, 6.07) is 5.57. The third-order valence-corrected chi connectivity index (χ3v) is 2.84. The molecule has 0 spiro atoms. The summed E-state index contributed by atoms with van der Waals surface area (Å²) in [5.74, 6) is 0. The van der Waals surface area contributed by atoms with E-state index in [2.05, 4.69) is 0 Å². The maximum Gasteiger partial charge on any atom is 0.297 e. The fraction of sp³-hybridized carbons (Fsp3) is 0.273. The first kappa shape index (κ1) is 9.71. The van der Waals surface area contributed by atoms with E-state index in [1.807, 2.05) is 30.4 Å². The second-order valence-electron chi connectivity index (χ2n) is 3.70. The van der Waals surface area contributed by atoms with Crippen LogP contribution in [0.15, 0.2) is 18.2 Å². The van der Waals surface area contributed by atoms with Crippen LogP contribution in [-0.4, -0.2) is 9.32 Å². The second-order valence-corrected chi connectivity index (χ2v) is 3.70. The average Bonchev–Trinajstić information content (AvgIpc) is 2.41. The summed E-state index contributed by atoms with van der Waals surface area (Å²) in [6.07, 6.45) is 0. The van der Waals surface area contributed by atoms with E-state index in [0.29, 0.717) is 5.52 Å². The molecule has 0 aliphatic heterocycles. The highest BCUT2D eigenvalue weighted by atomic mass is 16.6. The van der Waals surface area contributed by atoms with Crippen LogP contribution in [0.2, 0.25) is 0 Å². The van der Waals surface area contributed by atoms with Gasteiger partial charge in [0.05, 0.1) is 4.92 Å². The zero-order valence-electron chi connectivity index (χ0n) is 8.94. The van der Waals surface area contributed by atoms with E-state index in [1.165, 1.54) is 0 Å². The Balaban J connectivity index is 3.00. The van der Waals surface area contributed by atoms with Crippen molar-refractivity contribution in [3.8, 4) is 0 Å². The first-order chi connectivity index (χ1) is 7.04. The average molecular weight is 204 g/mol. The number of pyridine rings is 1. The Labute approximate surface area is 87.3 Å². The lowest BCUT2D eigenvalue weighted by molar-refractivity contribution is -0.383. The van der Waals surface area contributed by atoms with Crippen LogP contribution >= 0.6 is 0 Å². The normalized spacial score (nSPS) is 10.9. The van der Waals surface area contributed by atoms with E-state index in [0.717, 1.165) is 17.0 Å². The van der Waals surface area contributed by atoms with Crippen LogP contribution in [0.3, 0.4) is 0 Å². The van der Waals surface area contributed by atoms with Gasteiger partial charge in [0.1, 0.15) is 5.52 Å². The molecule has 0 aliphatic carbocycles. The van der Waals surface area contributed by atoms with Gasteiger partial charge >= 0.3 is 0 Å². The van der Waals surface area contributed by atoms with Crippen molar-refractivity contribution < 1.29 is 4.92 Å². The molecule has 0 saturated heterocycles. The van der Waals surface area contributed by atoms with Crippen LogP contribution in [0.4, 0.5) is 5.69 Å². The molecule has 0 unspecified atom stereocenters. The van der Waals surface area contributed by atoms with Crippen molar-refractivity contribution in [1.82, 2.24) is 4.40 Å². The number of hydrogen-bond acceptors (Lipinski definition) is 2. The fourth-order valence-corrected chi connectivity index (χ4v) is 2.01. The predicted molar refractivity (Wildman–Crippen MR) is 58.3 cm³/mol. The minimum absolute atomic E-state index is 0.219. The maximum absolute atomic E-state index is 11.0. The Morgan fingerprint density at radius 2 is 1.93 bits per heavy atom. The molecule has 0 radical (unpaired) electrons. The third-order valence-electron chi connectivity index (χ3n) is 2.84. The molecule has 2 aromatic heterocycles. The van der Waals surface area contributed by atoms with E-state index in [-0.39, 0.29) is 10.6 Å². The van der Waals surface area contributed by atoms with Gasteiger partial charge < -0.3 is 4.40 Å². The van der Waals surface area contributed by atoms with Crippen molar-refractivity contribution in [3.63, 3.8) is 0 Å². The summed E-state index contributed by atoms with van der Waals surface area (Å²) in [5.41, 5.74) is 3.59. The molecule has 0 bridgehead atoms. The van der Waals surface area contributed by atoms with Crippen molar-refractivity contribution >= 4 is 11.2 Å². The number of fused-ring (bicyclic) bond motifs is 1. The van der Waals surface area contributed by atoms with E-state index in [9.17, 15) is 10.1 Å². The molecule has 15 heavy (non-hydrogen) atoms. The summed E-state index contributed by atoms with van der Waals surface area (Å²) < 4.78 is 1.92. The van der Waals surface area contributed by atoms with Crippen LogP contribution < -0.4 is 0 Å². The first-order valence-corrected chi connectivity index (χ1v) is 4.75. The molecule has 0 N–H and O–H groups in total. The number of rotatable bonds is 1. The van der Waals surface area contributed by atoms with E-state index < -0.39 is 0 Å². The number of nitrogens with zero attached hydrogens (tertiary/aromatic N) is 2. The predicted octanol–water partition coefficient (Wildman–Crippen LogP) is 2.77. The Hall–Kier alpha value is -1.84. The number of aryl methyl sites for hydroxylation is 2. The molecular formula is C11H12N2O2. The van der Waals surface area contributed by atoms with Crippen molar-refractivity contribution in [2.75, 3.05) is 0 Å². The Bertz CT molecular complexity index is 555. The Morgan fingerprint density at radius 3 is 2.53 bits per heavy atom. The Morgan fingerprint density at radius 1 is 1.27 bits per heavy atom. The van der Waals surface area contributed by atoms with Crippen LogP contribution in [-0.2, 0) is 0 Å². The topological polar surface area (TPSA) is 47.5 Å². The number of aromatic nitrogens is 1. The summed E-state index contributed by atoms with van der Waals surface area (Å²) in [5, 5.41) is 11.0. The van der Waals surface area contributed by atoms with Gasteiger partial charge in [-0.05, 0) is 32.9 Å². The van der Waals surface area contributed by atoms with Crippen molar-refractivity contribution in [2.24, 2.45) is 0 Å². The molecular weight excluding hydrogens is 192 g/mol. The van der Waals surface area contributed by atoms with E-state index in [4.69, 9.17) is 0 Å². The summed E-state index contributed by atoms with van der Waals surface area (Å²) in [6.45, 7) is 5.64. The highest BCUT2D eigenvalue weighted by molar-refractivity contribution is 5.72. The lowest BCUT2D eigenvalue weighted by Gasteiger charge is -2.01. The molecule has 0 fully saturated rings. The molecule has 0 aliphatic rings. The van der Waals surface area contributed by atoms with Gasteiger partial charge in [-0.3, -0.25) is 10.1 Å². The molecule has 0 aromatic carbocycles. The summed E-state index contributed by atoms with van der Waals surface area (Å²) >= 11 is 0. The molecule has 4 nitrogen and oxygen atoms in total. The molecule has 0 amide bonds. The Kier molecular flexibility index (Phi) is 2.00. The zero-order valence-corrected chi connectivity index (χ0v) is 8.94. The molecule has 0 saturated carbocycles. The van der Waals surface area contributed by atoms with Gasteiger partial charge in [-0.1, -0.05) is 6.07 Å². The molecule has 4 heteroatoms. The highest BCUT2D eigenvalue weighted by Crippen LogP contribution is 2.30. The van der Waals surface area contributed by atoms with Crippen LogP contribution in [0.1, 0.15) is 17.0 Å². The largest absolute Gasteiger partial charge is 0.312 e. The minimum Gasteiger partial charge on any atom is -0.312 e. The summed E-state index contributed by atoms with van der Waals surface area (Å²) in [7, 11) is 0. The lowest BCUT2D eigenvalue weighted by atomic mass is 10.2. The third kappa shape index (κ3) is 1.21. The number of nitro groups is 1. The standard InChI is InChI=1S/C11H12N2O2/c1-7-5-4-6-10-11(13(14)15)8(2)9(3)12(7)10/h4-6H,1-3H3. The quantitative estimate of drug-likeness (QED) is 0.529. The smallest absolute Gasteiger partial charge is 0.297 e. The fourth-order valence-electron chi connectivity index (χ4n) is 2.01. The molecule has 78 valence electrons. The van der Waals surface area contributed by atoms with Gasteiger partial charge in [-0.2, -0.15) is 0 Å². The summed E-state index contributed by atoms with van der Waals surface area (Å²) in [4.78, 5) is 10.6. The molecule has 2 heterocycles. The van der Waals surface area contributed by atoms with E-state index >= 15 is 0 Å². The SMILES string of the molecule is Cc1c([N+](=O)[O-])c2cccc(C)n2c1C. The lowest BCUT2D eigenvalue weighted by Crippen LogP contribution is -1.92. The highest BCUT2D eigenvalue weighted by Gasteiger charge is 2.21. The monoisotopic (exact) mass is 204 g/mol. The van der Waals surface area contributed by atoms with Crippen molar-refractivity contribution in [3.05, 3.63) is 45.3 Å². The second kappa shape index (κ2) is 3.08. The van der Waals surface area contributed by atoms with Gasteiger partial charge in [-0.25, -0.2) is 0 Å². The maximum atomic E-state index is 11.0.